The Kier molecular flexibility index (Phi) is 3.35. The zero-order chi connectivity index (χ0) is 13.4. The van der Waals surface area contributed by atoms with Gasteiger partial charge in [-0.2, -0.15) is 0 Å². The molecule has 0 saturated carbocycles. The number of aliphatic hydroxyl groups is 1. The molecule has 2 nitrogen and oxygen atoms in total. The van der Waals surface area contributed by atoms with Crippen LogP contribution in [0.5, 0.6) is 0 Å². The highest BCUT2D eigenvalue weighted by Crippen LogP contribution is 2.33. The molecule has 0 amide bonds. The van der Waals surface area contributed by atoms with Gasteiger partial charge in [-0.05, 0) is 45.1 Å². The van der Waals surface area contributed by atoms with Gasteiger partial charge in [0.1, 0.15) is 11.9 Å². The van der Waals surface area contributed by atoms with Gasteiger partial charge in [0, 0.05) is 10.4 Å². The van der Waals surface area contributed by atoms with Crippen LogP contribution in [0.4, 0.5) is 0 Å². The van der Waals surface area contributed by atoms with E-state index in [9.17, 15) is 5.11 Å². The summed E-state index contributed by atoms with van der Waals surface area (Å²) in [6.45, 7) is 0. The Morgan fingerprint density at radius 2 is 1.74 bits per heavy atom. The standard InChI is InChI=1S/C15H10BrClO2/c16-14-8-7-13(19-14)15(18)11-5-6-12(17)10-4-2-1-3-9(10)11/h1-8,15,18H. The molecule has 1 N–H and O–H groups in total. The maximum absolute atomic E-state index is 10.4. The summed E-state index contributed by atoms with van der Waals surface area (Å²) in [5.41, 5.74) is 0.779. The molecular formula is C15H10BrClO2. The summed E-state index contributed by atoms with van der Waals surface area (Å²) >= 11 is 9.41. The van der Waals surface area contributed by atoms with Crippen LogP contribution in [0.15, 0.2) is 57.6 Å². The van der Waals surface area contributed by atoms with Crippen molar-refractivity contribution in [1.29, 1.82) is 0 Å². The average molecular weight is 338 g/mol. The largest absolute Gasteiger partial charge is 0.451 e. The lowest BCUT2D eigenvalue weighted by Gasteiger charge is -2.12. The summed E-state index contributed by atoms with van der Waals surface area (Å²) in [5.74, 6) is 0.499. The molecule has 0 aliphatic rings. The summed E-state index contributed by atoms with van der Waals surface area (Å²) in [4.78, 5) is 0. The van der Waals surface area contributed by atoms with Crippen molar-refractivity contribution in [3.63, 3.8) is 0 Å². The molecule has 1 atom stereocenters. The first kappa shape index (κ1) is 12.7. The van der Waals surface area contributed by atoms with Gasteiger partial charge in [-0.3, -0.25) is 0 Å². The minimum absolute atomic E-state index is 0.499. The van der Waals surface area contributed by atoms with E-state index in [1.54, 1.807) is 18.2 Å². The fourth-order valence-corrected chi connectivity index (χ4v) is 2.70. The predicted octanol–water partition coefficient (Wildman–Crippen LogP) is 4.93. The molecule has 19 heavy (non-hydrogen) atoms. The van der Waals surface area contributed by atoms with Gasteiger partial charge in [0.15, 0.2) is 4.67 Å². The van der Waals surface area contributed by atoms with Crippen LogP contribution in [0.1, 0.15) is 17.4 Å². The minimum Gasteiger partial charge on any atom is -0.451 e. The third-order valence-electron chi connectivity index (χ3n) is 3.06. The highest BCUT2D eigenvalue weighted by Gasteiger charge is 2.17. The molecule has 0 radical (unpaired) electrons. The Morgan fingerprint density at radius 1 is 1.00 bits per heavy atom. The molecule has 4 heteroatoms. The Hall–Kier alpha value is -1.29. The monoisotopic (exact) mass is 336 g/mol. The molecular weight excluding hydrogens is 328 g/mol. The molecule has 2 aromatic carbocycles. The highest BCUT2D eigenvalue weighted by atomic mass is 79.9. The Labute approximate surface area is 123 Å². The smallest absolute Gasteiger partial charge is 0.169 e. The first-order chi connectivity index (χ1) is 9.16. The third kappa shape index (κ3) is 2.29. The maximum Gasteiger partial charge on any atom is 0.169 e. The van der Waals surface area contributed by atoms with Crippen molar-refractivity contribution in [2.24, 2.45) is 0 Å². The lowest BCUT2D eigenvalue weighted by Crippen LogP contribution is -1.99. The molecule has 0 aliphatic carbocycles. The van der Waals surface area contributed by atoms with Gasteiger partial charge >= 0.3 is 0 Å². The van der Waals surface area contributed by atoms with Gasteiger partial charge in [0.05, 0.1) is 0 Å². The van der Waals surface area contributed by atoms with E-state index >= 15 is 0 Å². The number of benzene rings is 2. The van der Waals surface area contributed by atoms with Gasteiger partial charge in [0.2, 0.25) is 0 Å². The topological polar surface area (TPSA) is 33.4 Å². The van der Waals surface area contributed by atoms with Gasteiger partial charge in [-0.15, -0.1) is 0 Å². The SMILES string of the molecule is OC(c1ccc(Br)o1)c1ccc(Cl)c2ccccc12. The molecule has 1 aromatic heterocycles. The van der Waals surface area contributed by atoms with E-state index < -0.39 is 6.10 Å². The number of furan rings is 1. The zero-order valence-corrected chi connectivity index (χ0v) is 12.1. The predicted molar refractivity (Wildman–Crippen MR) is 79.4 cm³/mol. The van der Waals surface area contributed by atoms with Crippen LogP contribution in [-0.4, -0.2) is 5.11 Å². The summed E-state index contributed by atoms with van der Waals surface area (Å²) in [7, 11) is 0. The molecule has 0 spiro atoms. The van der Waals surface area contributed by atoms with Crippen molar-refractivity contribution in [1.82, 2.24) is 0 Å². The minimum atomic E-state index is -0.812. The first-order valence-electron chi connectivity index (χ1n) is 5.77. The number of aliphatic hydroxyl groups excluding tert-OH is 1. The first-order valence-corrected chi connectivity index (χ1v) is 6.94. The Bertz CT molecular complexity index is 736. The van der Waals surface area contributed by atoms with Crippen molar-refractivity contribution in [3.05, 3.63) is 69.5 Å². The quantitative estimate of drug-likeness (QED) is 0.719. The Morgan fingerprint density at radius 3 is 2.42 bits per heavy atom. The summed E-state index contributed by atoms with van der Waals surface area (Å²) < 4.78 is 6.01. The van der Waals surface area contributed by atoms with Crippen molar-refractivity contribution in [2.45, 2.75) is 6.10 Å². The average Bonchev–Trinajstić information content (AvgIpc) is 2.86. The van der Waals surface area contributed by atoms with Crippen molar-refractivity contribution >= 4 is 38.3 Å². The van der Waals surface area contributed by atoms with Crippen molar-refractivity contribution in [3.8, 4) is 0 Å². The van der Waals surface area contributed by atoms with Crippen LogP contribution in [-0.2, 0) is 0 Å². The maximum atomic E-state index is 10.4. The number of fused-ring (bicyclic) bond motifs is 1. The van der Waals surface area contributed by atoms with Gasteiger partial charge in [-0.1, -0.05) is 41.9 Å². The normalized spacial score (nSPS) is 12.8. The lowest BCUT2D eigenvalue weighted by molar-refractivity contribution is 0.189. The molecule has 1 unspecified atom stereocenters. The summed E-state index contributed by atoms with van der Waals surface area (Å²) in [6, 6.07) is 14.9. The molecule has 1 heterocycles. The molecule has 0 saturated heterocycles. The van der Waals surface area contributed by atoms with Crippen LogP contribution >= 0.6 is 27.5 Å². The molecule has 0 aliphatic heterocycles. The van der Waals surface area contributed by atoms with Crippen molar-refractivity contribution in [2.75, 3.05) is 0 Å². The van der Waals surface area contributed by atoms with Crippen LogP contribution in [0.25, 0.3) is 10.8 Å². The van der Waals surface area contributed by atoms with E-state index in [4.69, 9.17) is 16.0 Å². The van der Waals surface area contributed by atoms with E-state index in [1.165, 1.54) is 0 Å². The van der Waals surface area contributed by atoms with Crippen molar-refractivity contribution < 1.29 is 9.52 Å². The molecule has 0 bridgehead atoms. The van der Waals surface area contributed by atoms with Gasteiger partial charge < -0.3 is 9.52 Å². The van der Waals surface area contributed by atoms with Crippen LogP contribution < -0.4 is 0 Å². The highest BCUT2D eigenvalue weighted by molar-refractivity contribution is 9.10. The number of hydrogen-bond acceptors (Lipinski definition) is 2. The number of halogens is 2. The summed E-state index contributed by atoms with van der Waals surface area (Å²) in [5, 5.41) is 13.0. The second-order valence-electron chi connectivity index (χ2n) is 4.23. The van der Waals surface area contributed by atoms with Gasteiger partial charge in [-0.25, -0.2) is 0 Å². The molecule has 3 rings (SSSR count). The van der Waals surface area contributed by atoms with E-state index in [-0.39, 0.29) is 0 Å². The van der Waals surface area contributed by atoms with Crippen LogP contribution in [0, 0.1) is 0 Å². The second-order valence-corrected chi connectivity index (χ2v) is 5.42. The molecule has 3 aromatic rings. The van der Waals surface area contributed by atoms with E-state index in [1.807, 2.05) is 30.3 Å². The van der Waals surface area contributed by atoms with E-state index in [0.717, 1.165) is 16.3 Å². The summed E-state index contributed by atoms with van der Waals surface area (Å²) in [6.07, 6.45) is -0.812. The van der Waals surface area contributed by atoms with E-state index in [0.29, 0.717) is 15.5 Å². The fraction of sp³-hybridized carbons (Fsp3) is 0.0667. The Balaban J connectivity index is 2.18. The lowest BCUT2D eigenvalue weighted by atomic mass is 9.99. The molecule has 0 fully saturated rings. The zero-order valence-electron chi connectivity index (χ0n) is 9.81. The van der Waals surface area contributed by atoms with Crippen LogP contribution in [0.3, 0.4) is 0 Å². The van der Waals surface area contributed by atoms with Crippen LogP contribution in [0.2, 0.25) is 5.02 Å². The number of hydrogen-bond donors (Lipinski definition) is 1. The fourth-order valence-electron chi connectivity index (χ4n) is 2.15. The van der Waals surface area contributed by atoms with Gasteiger partial charge in [0.25, 0.3) is 0 Å². The molecule has 96 valence electrons. The number of rotatable bonds is 2. The van der Waals surface area contributed by atoms with E-state index in [2.05, 4.69) is 15.9 Å². The third-order valence-corrected chi connectivity index (χ3v) is 3.82. The second kappa shape index (κ2) is 5.00.